The van der Waals surface area contributed by atoms with Gasteiger partial charge in [-0.05, 0) is 43.7 Å². The van der Waals surface area contributed by atoms with Crippen molar-refractivity contribution < 1.29 is 9.59 Å². The first-order valence-corrected chi connectivity index (χ1v) is 8.38. The molecule has 0 aromatic rings. The van der Waals surface area contributed by atoms with Crippen molar-refractivity contribution in [2.75, 3.05) is 32.7 Å². The Balaban J connectivity index is 1.80. The second-order valence-electron chi connectivity index (χ2n) is 7.69. The third-order valence-electron chi connectivity index (χ3n) is 5.08. The zero-order chi connectivity index (χ0) is 15.5. The number of nitrogens with zero attached hydrogens (tertiary/aromatic N) is 2. The van der Waals surface area contributed by atoms with Crippen molar-refractivity contribution in [2.24, 2.45) is 11.3 Å². The largest absolute Gasteiger partial charge is 0.341 e. The molecule has 1 atom stereocenters. The van der Waals surface area contributed by atoms with Gasteiger partial charge in [0, 0.05) is 25.9 Å². The molecular weight excluding hydrogens is 264 g/mol. The van der Waals surface area contributed by atoms with Gasteiger partial charge in [-0.25, -0.2) is 0 Å². The van der Waals surface area contributed by atoms with Gasteiger partial charge in [0.25, 0.3) is 0 Å². The van der Waals surface area contributed by atoms with Crippen LogP contribution in [0.25, 0.3) is 0 Å². The first-order valence-electron chi connectivity index (χ1n) is 8.38. The van der Waals surface area contributed by atoms with E-state index < -0.39 is 0 Å². The number of carbonyl (C=O) groups is 2. The van der Waals surface area contributed by atoms with E-state index in [1.807, 2.05) is 4.90 Å². The van der Waals surface area contributed by atoms with Crippen molar-refractivity contribution in [1.29, 1.82) is 0 Å². The van der Waals surface area contributed by atoms with Crippen LogP contribution in [-0.2, 0) is 9.59 Å². The van der Waals surface area contributed by atoms with Crippen LogP contribution in [-0.4, -0.2) is 54.2 Å². The van der Waals surface area contributed by atoms with Gasteiger partial charge in [-0.15, -0.1) is 0 Å². The Hall–Kier alpha value is -0.900. The van der Waals surface area contributed by atoms with Crippen LogP contribution in [0.1, 0.15) is 52.9 Å². The number of ketones is 1. The molecule has 0 aliphatic carbocycles. The minimum absolute atomic E-state index is 0.205. The molecule has 1 amide bonds. The average Bonchev–Trinajstić information content (AvgIpc) is 2.64. The first kappa shape index (κ1) is 16.5. The standard InChI is InChI=1S/C17H30N2O2/c1-17(2,3)14-5-4-9-18(10-6-14)13-16(21)19-11-7-15(20)8-12-19/h14H,4-13H2,1-3H3. The van der Waals surface area contributed by atoms with Crippen LogP contribution in [0.15, 0.2) is 0 Å². The van der Waals surface area contributed by atoms with Gasteiger partial charge in [0.15, 0.2) is 0 Å². The maximum absolute atomic E-state index is 12.3. The molecule has 21 heavy (non-hydrogen) atoms. The van der Waals surface area contributed by atoms with Crippen LogP contribution in [0.5, 0.6) is 0 Å². The van der Waals surface area contributed by atoms with Crippen molar-refractivity contribution in [1.82, 2.24) is 9.80 Å². The van der Waals surface area contributed by atoms with Crippen LogP contribution in [0.4, 0.5) is 0 Å². The highest BCUT2D eigenvalue weighted by Gasteiger charge is 2.28. The number of rotatable bonds is 2. The maximum atomic E-state index is 12.3. The third-order valence-corrected chi connectivity index (χ3v) is 5.08. The lowest BCUT2D eigenvalue weighted by Crippen LogP contribution is -2.44. The van der Waals surface area contributed by atoms with Gasteiger partial charge < -0.3 is 4.90 Å². The molecule has 2 aliphatic rings. The Kier molecular flexibility index (Phi) is 5.42. The van der Waals surface area contributed by atoms with Crippen LogP contribution in [0.3, 0.4) is 0 Å². The number of piperidine rings is 1. The van der Waals surface area contributed by atoms with Crippen LogP contribution in [0.2, 0.25) is 0 Å². The molecule has 2 rings (SSSR count). The monoisotopic (exact) mass is 294 g/mol. The predicted octanol–water partition coefficient (Wildman–Crippen LogP) is 2.33. The fourth-order valence-corrected chi connectivity index (χ4v) is 3.48. The van der Waals surface area contributed by atoms with E-state index in [9.17, 15) is 9.59 Å². The molecule has 0 aromatic carbocycles. The quantitative estimate of drug-likeness (QED) is 0.785. The van der Waals surface area contributed by atoms with Gasteiger partial charge in [0.1, 0.15) is 5.78 Å². The van der Waals surface area contributed by atoms with Gasteiger partial charge >= 0.3 is 0 Å². The molecular formula is C17H30N2O2. The fourth-order valence-electron chi connectivity index (χ4n) is 3.48. The molecule has 0 aromatic heterocycles. The highest BCUT2D eigenvalue weighted by molar-refractivity contribution is 5.84. The van der Waals surface area contributed by atoms with Gasteiger partial charge in [0.05, 0.1) is 6.54 Å². The minimum atomic E-state index is 0.205. The molecule has 4 heteroatoms. The third kappa shape index (κ3) is 4.80. The zero-order valence-electron chi connectivity index (χ0n) is 13.9. The number of amides is 1. The smallest absolute Gasteiger partial charge is 0.236 e. The zero-order valence-corrected chi connectivity index (χ0v) is 13.9. The highest BCUT2D eigenvalue weighted by Crippen LogP contribution is 2.34. The molecule has 2 saturated heterocycles. The summed E-state index contributed by atoms with van der Waals surface area (Å²) in [5.74, 6) is 1.25. The highest BCUT2D eigenvalue weighted by atomic mass is 16.2. The number of hydrogen-bond donors (Lipinski definition) is 0. The number of hydrogen-bond acceptors (Lipinski definition) is 3. The Morgan fingerprint density at radius 1 is 1.10 bits per heavy atom. The Morgan fingerprint density at radius 3 is 2.38 bits per heavy atom. The summed E-state index contributed by atoms with van der Waals surface area (Å²) in [4.78, 5) is 27.8. The Labute approximate surface area is 128 Å². The van der Waals surface area contributed by atoms with E-state index in [1.54, 1.807) is 0 Å². The van der Waals surface area contributed by atoms with Crippen LogP contribution >= 0.6 is 0 Å². The number of Topliss-reactive ketones (excluding diaryl/α,β-unsaturated/α-hetero) is 1. The molecule has 0 spiro atoms. The summed E-state index contributed by atoms with van der Waals surface area (Å²) >= 11 is 0. The summed E-state index contributed by atoms with van der Waals surface area (Å²) in [6.07, 6.45) is 4.73. The number of likely N-dealkylation sites (tertiary alicyclic amines) is 2. The van der Waals surface area contributed by atoms with Crippen molar-refractivity contribution in [3.05, 3.63) is 0 Å². The van der Waals surface area contributed by atoms with Gasteiger partial charge in [-0.3, -0.25) is 14.5 Å². The van der Waals surface area contributed by atoms with E-state index in [-0.39, 0.29) is 5.91 Å². The topological polar surface area (TPSA) is 40.6 Å². The van der Waals surface area contributed by atoms with E-state index >= 15 is 0 Å². The van der Waals surface area contributed by atoms with Crippen molar-refractivity contribution >= 4 is 11.7 Å². The summed E-state index contributed by atoms with van der Waals surface area (Å²) < 4.78 is 0. The molecule has 2 fully saturated rings. The van der Waals surface area contributed by atoms with E-state index in [0.717, 1.165) is 19.0 Å². The van der Waals surface area contributed by atoms with E-state index in [0.29, 0.717) is 43.7 Å². The van der Waals surface area contributed by atoms with E-state index in [2.05, 4.69) is 25.7 Å². The Morgan fingerprint density at radius 2 is 1.76 bits per heavy atom. The molecule has 1 unspecified atom stereocenters. The molecule has 2 aliphatic heterocycles. The predicted molar refractivity (Wildman–Crippen MR) is 84.1 cm³/mol. The first-order chi connectivity index (χ1) is 9.86. The van der Waals surface area contributed by atoms with Crippen molar-refractivity contribution in [2.45, 2.75) is 52.9 Å². The summed E-state index contributed by atoms with van der Waals surface area (Å²) in [5, 5.41) is 0. The molecule has 4 nitrogen and oxygen atoms in total. The lowest BCUT2D eigenvalue weighted by atomic mass is 9.77. The Bertz CT molecular complexity index is 377. The van der Waals surface area contributed by atoms with E-state index in [1.165, 1.54) is 19.3 Å². The fraction of sp³-hybridized carbons (Fsp3) is 0.882. The maximum Gasteiger partial charge on any atom is 0.236 e. The van der Waals surface area contributed by atoms with Gasteiger partial charge in [0.2, 0.25) is 5.91 Å². The van der Waals surface area contributed by atoms with Crippen molar-refractivity contribution in [3.8, 4) is 0 Å². The average molecular weight is 294 g/mol. The summed E-state index contributed by atoms with van der Waals surface area (Å²) in [7, 11) is 0. The summed E-state index contributed by atoms with van der Waals surface area (Å²) in [6.45, 7) is 10.8. The molecule has 0 bridgehead atoms. The van der Waals surface area contributed by atoms with Gasteiger partial charge in [-0.1, -0.05) is 20.8 Å². The molecule has 2 heterocycles. The van der Waals surface area contributed by atoms with Gasteiger partial charge in [-0.2, -0.15) is 0 Å². The van der Waals surface area contributed by atoms with Crippen LogP contribution in [0, 0.1) is 11.3 Å². The molecule has 0 radical (unpaired) electrons. The minimum Gasteiger partial charge on any atom is -0.341 e. The summed E-state index contributed by atoms with van der Waals surface area (Å²) in [6, 6.07) is 0. The van der Waals surface area contributed by atoms with Crippen LogP contribution < -0.4 is 0 Å². The van der Waals surface area contributed by atoms with E-state index in [4.69, 9.17) is 0 Å². The second-order valence-corrected chi connectivity index (χ2v) is 7.69. The SMILES string of the molecule is CC(C)(C)C1CCCN(CC(=O)N2CCC(=O)CC2)CC1. The van der Waals surface area contributed by atoms with Crippen molar-refractivity contribution in [3.63, 3.8) is 0 Å². The normalized spacial score (nSPS) is 25.8. The second kappa shape index (κ2) is 6.91. The molecule has 120 valence electrons. The summed E-state index contributed by atoms with van der Waals surface area (Å²) in [5.41, 5.74) is 0.368. The lowest BCUT2D eigenvalue weighted by molar-refractivity contribution is -0.135. The molecule has 0 N–H and O–H groups in total. The number of carbonyl (C=O) groups excluding carboxylic acids is 2. The lowest BCUT2D eigenvalue weighted by Gasteiger charge is -2.30. The molecule has 0 saturated carbocycles.